The van der Waals surface area contributed by atoms with Crippen molar-refractivity contribution in [1.82, 2.24) is 0 Å². The summed E-state index contributed by atoms with van der Waals surface area (Å²) in [6, 6.07) is 3.13. The maximum atomic E-state index is 12.0. The largest absolute Gasteiger partial charge is 0.493 e. The summed E-state index contributed by atoms with van der Waals surface area (Å²) in [4.78, 5) is 23.3. The molecule has 0 radical (unpaired) electrons. The van der Waals surface area contributed by atoms with Crippen LogP contribution in [0.1, 0.15) is 23.7 Å². The first-order valence-corrected chi connectivity index (χ1v) is 5.63. The lowest BCUT2D eigenvalue weighted by Crippen LogP contribution is -2.46. The summed E-state index contributed by atoms with van der Waals surface area (Å²) in [5, 5.41) is 9.18. The fourth-order valence-corrected chi connectivity index (χ4v) is 2.00. The topological polar surface area (TPSA) is 82.1 Å². The van der Waals surface area contributed by atoms with E-state index < -0.39 is 11.6 Å². The predicted octanol–water partition coefficient (Wildman–Crippen LogP) is 1.51. The molecule has 0 aliphatic carbocycles. The number of fused-ring (bicyclic) bond motifs is 1. The highest BCUT2D eigenvalue weighted by Gasteiger charge is 2.44. The van der Waals surface area contributed by atoms with Crippen LogP contribution in [0, 0.1) is 0 Å². The van der Waals surface area contributed by atoms with Gasteiger partial charge in [-0.3, -0.25) is 4.79 Å². The van der Waals surface area contributed by atoms with E-state index in [9.17, 15) is 14.7 Å². The number of carbonyl (C=O) groups is 2. The zero-order chi connectivity index (χ0) is 14.2. The lowest BCUT2D eigenvalue weighted by molar-refractivity contribution is -0.154. The minimum atomic E-state index is -1.59. The molecule has 2 rings (SSSR count). The van der Waals surface area contributed by atoms with Gasteiger partial charge in [0.1, 0.15) is 0 Å². The lowest BCUT2D eigenvalue weighted by atomic mass is 9.91. The van der Waals surface area contributed by atoms with Crippen LogP contribution < -0.4 is 14.2 Å². The SMILES string of the molecule is COc1ccc2c(c1OC)OC(C)(C(=O)O)CC2=O. The predicted molar refractivity (Wildman–Crippen MR) is 65.2 cm³/mol. The van der Waals surface area contributed by atoms with E-state index in [4.69, 9.17) is 14.2 Å². The van der Waals surface area contributed by atoms with E-state index in [1.165, 1.54) is 21.1 Å². The molecule has 1 unspecified atom stereocenters. The summed E-state index contributed by atoms with van der Waals surface area (Å²) in [5.74, 6) is -0.782. The quantitative estimate of drug-likeness (QED) is 0.893. The zero-order valence-electron chi connectivity index (χ0n) is 10.9. The third-order valence-corrected chi connectivity index (χ3v) is 3.08. The van der Waals surface area contributed by atoms with Gasteiger partial charge < -0.3 is 19.3 Å². The van der Waals surface area contributed by atoms with Crippen LogP contribution in [0.15, 0.2) is 12.1 Å². The molecular formula is C13H14O6. The standard InChI is InChI=1S/C13H14O6/c1-13(12(15)16)6-8(14)7-4-5-9(17-2)11(18-3)10(7)19-13/h4-5H,6H2,1-3H3,(H,15,16). The number of aliphatic carboxylic acids is 1. The zero-order valence-corrected chi connectivity index (χ0v) is 10.9. The lowest BCUT2D eigenvalue weighted by Gasteiger charge is -2.32. The maximum Gasteiger partial charge on any atom is 0.348 e. The summed E-state index contributed by atoms with van der Waals surface area (Å²) in [6.07, 6.45) is -0.217. The van der Waals surface area contributed by atoms with Gasteiger partial charge in [-0.25, -0.2) is 4.79 Å². The van der Waals surface area contributed by atoms with Gasteiger partial charge in [0.15, 0.2) is 17.3 Å². The molecule has 0 aromatic heterocycles. The van der Waals surface area contributed by atoms with Gasteiger partial charge in [0.05, 0.1) is 26.2 Å². The van der Waals surface area contributed by atoms with Gasteiger partial charge in [-0.05, 0) is 19.1 Å². The molecule has 1 atom stereocenters. The van der Waals surface area contributed by atoms with Gasteiger partial charge in [-0.1, -0.05) is 0 Å². The molecule has 1 N–H and O–H groups in total. The number of benzene rings is 1. The van der Waals surface area contributed by atoms with Gasteiger partial charge >= 0.3 is 5.97 Å². The van der Waals surface area contributed by atoms with E-state index in [2.05, 4.69) is 0 Å². The van der Waals surface area contributed by atoms with Crippen molar-refractivity contribution in [3.05, 3.63) is 17.7 Å². The minimum Gasteiger partial charge on any atom is -0.493 e. The van der Waals surface area contributed by atoms with E-state index in [0.29, 0.717) is 11.3 Å². The first kappa shape index (κ1) is 13.2. The summed E-state index contributed by atoms with van der Waals surface area (Å²) in [5.41, 5.74) is -1.29. The Morgan fingerprint density at radius 1 is 1.37 bits per heavy atom. The molecule has 19 heavy (non-hydrogen) atoms. The Morgan fingerprint density at radius 3 is 2.58 bits per heavy atom. The Kier molecular flexibility index (Phi) is 3.09. The molecule has 6 nitrogen and oxygen atoms in total. The molecule has 0 bridgehead atoms. The van der Waals surface area contributed by atoms with Crippen LogP contribution in [-0.4, -0.2) is 36.7 Å². The summed E-state index contributed by atoms with van der Waals surface area (Å²) >= 11 is 0. The van der Waals surface area contributed by atoms with Gasteiger partial charge in [0.25, 0.3) is 0 Å². The first-order chi connectivity index (χ1) is 8.92. The molecule has 0 fully saturated rings. The van der Waals surface area contributed by atoms with E-state index in [-0.39, 0.29) is 23.7 Å². The van der Waals surface area contributed by atoms with Crippen molar-refractivity contribution in [2.24, 2.45) is 0 Å². The van der Waals surface area contributed by atoms with Gasteiger partial charge in [0.2, 0.25) is 11.4 Å². The third kappa shape index (κ3) is 1.99. The number of rotatable bonds is 3. The smallest absolute Gasteiger partial charge is 0.348 e. The van der Waals surface area contributed by atoms with E-state index in [1.807, 2.05) is 0 Å². The second-order valence-corrected chi connectivity index (χ2v) is 4.42. The highest BCUT2D eigenvalue weighted by atomic mass is 16.6. The van der Waals surface area contributed by atoms with Crippen LogP contribution in [0.3, 0.4) is 0 Å². The van der Waals surface area contributed by atoms with Crippen LogP contribution in [0.4, 0.5) is 0 Å². The summed E-state index contributed by atoms with van der Waals surface area (Å²) in [7, 11) is 2.85. The molecule has 102 valence electrons. The Bertz CT molecular complexity index is 550. The van der Waals surface area contributed by atoms with Crippen LogP contribution in [0.25, 0.3) is 0 Å². The molecule has 1 aromatic rings. The fourth-order valence-electron chi connectivity index (χ4n) is 2.00. The number of carboxylic acids is 1. The van der Waals surface area contributed by atoms with Crippen molar-refractivity contribution in [2.45, 2.75) is 18.9 Å². The fraction of sp³-hybridized carbons (Fsp3) is 0.385. The van der Waals surface area contributed by atoms with Crippen molar-refractivity contribution in [1.29, 1.82) is 0 Å². The number of carboxylic acid groups (broad SMARTS) is 1. The van der Waals surface area contributed by atoms with Crippen molar-refractivity contribution < 1.29 is 28.9 Å². The van der Waals surface area contributed by atoms with Crippen molar-refractivity contribution in [2.75, 3.05) is 14.2 Å². The Hall–Kier alpha value is -2.24. The Labute approximate surface area is 109 Å². The molecule has 0 saturated heterocycles. The molecule has 6 heteroatoms. The molecule has 1 aliphatic rings. The summed E-state index contributed by atoms with van der Waals surface area (Å²) < 4.78 is 15.8. The van der Waals surface area contributed by atoms with Crippen molar-refractivity contribution in [3.8, 4) is 17.2 Å². The van der Waals surface area contributed by atoms with Gasteiger partial charge in [0, 0.05) is 0 Å². The average molecular weight is 266 g/mol. The molecule has 0 saturated carbocycles. The average Bonchev–Trinajstić information content (AvgIpc) is 2.36. The maximum absolute atomic E-state index is 12.0. The van der Waals surface area contributed by atoms with Gasteiger partial charge in [-0.15, -0.1) is 0 Å². The van der Waals surface area contributed by atoms with Crippen LogP contribution in [0.2, 0.25) is 0 Å². The molecule has 1 aromatic carbocycles. The molecule has 0 amide bonds. The number of hydrogen-bond donors (Lipinski definition) is 1. The van der Waals surface area contributed by atoms with Crippen molar-refractivity contribution in [3.63, 3.8) is 0 Å². The molecular weight excluding hydrogens is 252 g/mol. The molecule has 0 spiro atoms. The Morgan fingerprint density at radius 2 is 2.05 bits per heavy atom. The van der Waals surface area contributed by atoms with Gasteiger partial charge in [-0.2, -0.15) is 0 Å². The minimum absolute atomic E-state index is 0.114. The van der Waals surface area contributed by atoms with E-state index in [1.54, 1.807) is 12.1 Å². The highest BCUT2D eigenvalue weighted by molar-refractivity contribution is 6.04. The number of ether oxygens (including phenoxy) is 3. The van der Waals surface area contributed by atoms with E-state index in [0.717, 1.165) is 0 Å². The van der Waals surface area contributed by atoms with Crippen LogP contribution in [-0.2, 0) is 4.79 Å². The number of Topliss-reactive ketones (excluding diaryl/α,β-unsaturated/α-hetero) is 1. The second kappa shape index (κ2) is 4.46. The molecule has 1 heterocycles. The third-order valence-electron chi connectivity index (χ3n) is 3.08. The second-order valence-electron chi connectivity index (χ2n) is 4.42. The number of methoxy groups -OCH3 is 2. The number of carbonyl (C=O) groups excluding carboxylic acids is 1. The molecule has 1 aliphatic heterocycles. The number of hydrogen-bond acceptors (Lipinski definition) is 5. The Balaban J connectivity index is 2.61. The van der Waals surface area contributed by atoms with Crippen molar-refractivity contribution >= 4 is 11.8 Å². The van der Waals surface area contributed by atoms with Crippen LogP contribution >= 0.6 is 0 Å². The number of ketones is 1. The first-order valence-electron chi connectivity index (χ1n) is 5.63. The summed E-state index contributed by atoms with van der Waals surface area (Å²) in [6.45, 7) is 1.36. The van der Waals surface area contributed by atoms with Crippen LogP contribution in [0.5, 0.6) is 17.2 Å². The van der Waals surface area contributed by atoms with E-state index >= 15 is 0 Å². The normalized spacial score (nSPS) is 21.3. The highest BCUT2D eigenvalue weighted by Crippen LogP contribution is 2.45. The monoisotopic (exact) mass is 266 g/mol.